The van der Waals surface area contributed by atoms with Crippen molar-refractivity contribution in [3.63, 3.8) is 0 Å². The molecule has 1 aromatic carbocycles. The van der Waals surface area contributed by atoms with Gasteiger partial charge in [0, 0.05) is 35.2 Å². The third-order valence-corrected chi connectivity index (χ3v) is 5.26. The van der Waals surface area contributed by atoms with Crippen LogP contribution >= 0.6 is 11.3 Å². The number of hydrogen-bond acceptors (Lipinski definition) is 5. The molecule has 0 amide bonds. The molecule has 3 aromatic rings. The zero-order chi connectivity index (χ0) is 16.6. The van der Waals surface area contributed by atoms with Gasteiger partial charge in [0.2, 0.25) is 0 Å². The lowest BCUT2D eigenvalue weighted by atomic mass is 10.0. The zero-order valence-corrected chi connectivity index (χ0v) is 14.1. The molecule has 0 radical (unpaired) electrons. The molecule has 2 aromatic heterocycles. The van der Waals surface area contributed by atoms with Crippen LogP contribution in [0.15, 0.2) is 46.9 Å². The van der Waals surface area contributed by atoms with Crippen LogP contribution in [-0.4, -0.2) is 24.6 Å². The van der Waals surface area contributed by atoms with Crippen LogP contribution in [0.1, 0.15) is 5.01 Å². The normalized spacial score (nSPS) is 11.6. The van der Waals surface area contributed by atoms with Crippen molar-refractivity contribution >= 4 is 21.2 Å². The van der Waals surface area contributed by atoms with Crippen molar-refractivity contribution in [3.8, 4) is 22.4 Å². The summed E-state index contributed by atoms with van der Waals surface area (Å²) in [5.41, 5.74) is 2.88. The van der Waals surface area contributed by atoms with Crippen LogP contribution in [0.3, 0.4) is 0 Å². The minimum Gasteiger partial charge on any atom is -0.264 e. The van der Waals surface area contributed by atoms with E-state index in [1.54, 1.807) is 18.5 Å². The van der Waals surface area contributed by atoms with E-state index in [2.05, 4.69) is 9.97 Å². The molecule has 0 bridgehead atoms. The molecule has 0 aliphatic heterocycles. The summed E-state index contributed by atoms with van der Waals surface area (Å²) in [4.78, 5) is 8.23. The average molecular weight is 348 g/mol. The number of benzene rings is 1. The predicted molar refractivity (Wildman–Crippen MR) is 88.6 cm³/mol. The fourth-order valence-electron chi connectivity index (χ4n) is 2.30. The Labute approximate surface area is 137 Å². The molecule has 0 atom stereocenters. The van der Waals surface area contributed by atoms with E-state index in [1.807, 2.05) is 18.4 Å². The number of halogens is 1. The maximum absolute atomic E-state index is 14.2. The van der Waals surface area contributed by atoms with Crippen LogP contribution in [0.5, 0.6) is 0 Å². The van der Waals surface area contributed by atoms with Gasteiger partial charge >= 0.3 is 0 Å². The predicted octanol–water partition coefficient (Wildman–Crippen LogP) is 3.72. The topological polar surface area (TPSA) is 59.9 Å². The molecule has 4 nitrogen and oxygen atoms in total. The Kier molecular flexibility index (Phi) is 3.99. The molecule has 2 heterocycles. The Morgan fingerprint density at radius 2 is 1.96 bits per heavy atom. The Bertz CT molecular complexity index is 981. The second kappa shape index (κ2) is 5.82. The second-order valence-corrected chi connectivity index (χ2v) is 8.14. The van der Waals surface area contributed by atoms with Crippen LogP contribution in [0.4, 0.5) is 4.39 Å². The molecular formula is C16H13FN2O2S2. The van der Waals surface area contributed by atoms with Crippen molar-refractivity contribution < 1.29 is 12.8 Å². The minimum atomic E-state index is -3.59. The van der Waals surface area contributed by atoms with Gasteiger partial charge < -0.3 is 0 Å². The fourth-order valence-corrected chi connectivity index (χ4v) is 3.65. The Morgan fingerprint density at radius 3 is 2.57 bits per heavy atom. The number of pyridine rings is 1. The van der Waals surface area contributed by atoms with Crippen LogP contribution in [-0.2, 0) is 9.84 Å². The molecule has 0 aliphatic carbocycles. The van der Waals surface area contributed by atoms with E-state index >= 15 is 0 Å². The Balaban J connectivity index is 2.15. The largest absolute Gasteiger partial charge is 0.264 e. The molecule has 23 heavy (non-hydrogen) atoms. The molecule has 0 spiro atoms. The lowest BCUT2D eigenvalue weighted by Gasteiger charge is -2.09. The third-order valence-electron chi connectivity index (χ3n) is 3.36. The van der Waals surface area contributed by atoms with Crippen molar-refractivity contribution in [1.82, 2.24) is 9.97 Å². The summed E-state index contributed by atoms with van der Waals surface area (Å²) in [5, 5.41) is 2.86. The highest BCUT2D eigenvalue weighted by atomic mass is 32.2. The molecule has 0 saturated carbocycles. The molecule has 0 N–H and O–H groups in total. The van der Waals surface area contributed by atoms with E-state index in [0.29, 0.717) is 11.1 Å². The van der Waals surface area contributed by atoms with Gasteiger partial charge in [0.1, 0.15) is 10.7 Å². The minimum absolute atomic E-state index is 0.309. The lowest BCUT2D eigenvalue weighted by molar-refractivity contribution is 0.571. The first-order valence-electron chi connectivity index (χ1n) is 6.73. The van der Waals surface area contributed by atoms with Crippen molar-refractivity contribution in [1.29, 1.82) is 0 Å². The number of nitrogens with zero attached hydrogens (tertiary/aromatic N) is 2. The molecular weight excluding hydrogens is 335 g/mol. The van der Waals surface area contributed by atoms with E-state index in [1.165, 1.54) is 23.5 Å². The number of thiazole rings is 1. The van der Waals surface area contributed by atoms with Crippen molar-refractivity contribution in [2.45, 2.75) is 11.8 Å². The fraction of sp³-hybridized carbons (Fsp3) is 0.125. The highest BCUT2D eigenvalue weighted by Gasteiger charge is 2.16. The van der Waals surface area contributed by atoms with Gasteiger partial charge in [-0.3, -0.25) is 4.98 Å². The summed E-state index contributed by atoms with van der Waals surface area (Å²) in [5.74, 6) is -0.769. The zero-order valence-electron chi connectivity index (χ0n) is 12.4. The van der Waals surface area contributed by atoms with E-state index in [9.17, 15) is 12.8 Å². The first-order valence-corrected chi connectivity index (χ1v) is 9.50. The Hall–Kier alpha value is -2.12. The molecule has 3 rings (SSSR count). The van der Waals surface area contributed by atoms with Crippen LogP contribution in [0.25, 0.3) is 22.4 Å². The average Bonchev–Trinajstić information content (AvgIpc) is 2.92. The van der Waals surface area contributed by atoms with Crippen LogP contribution < -0.4 is 0 Å². The van der Waals surface area contributed by atoms with Crippen LogP contribution in [0, 0.1) is 12.7 Å². The lowest BCUT2D eigenvalue weighted by Crippen LogP contribution is -2.01. The highest BCUT2D eigenvalue weighted by Crippen LogP contribution is 2.33. The van der Waals surface area contributed by atoms with Gasteiger partial charge in [-0.1, -0.05) is 6.07 Å². The first kappa shape index (κ1) is 15.8. The number of hydrogen-bond donors (Lipinski definition) is 0. The number of aromatic nitrogens is 2. The van der Waals surface area contributed by atoms with Gasteiger partial charge in [-0.25, -0.2) is 17.8 Å². The summed E-state index contributed by atoms with van der Waals surface area (Å²) in [6.07, 6.45) is 4.26. The van der Waals surface area contributed by atoms with E-state index in [4.69, 9.17) is 0 Å². The maximum atomic E-state index is 14.2. The summed E-state index contributed by atoms with van der Waals surface area (Å²) >= 11 is 1.53. The van der Waals surface area contributed by atoms with Gasteiger partial charge in [0.15, 0.2) is 9.84 Å². The van der Waals surface area contributed by atoms with Crippen molar-refractivity contribution in [2.75, 3.05) is 6.26 Å². The highest BCUT2D eigenvalue weighted by molar-refractivity contribution is 7.90. The smallest absolute Gasteiger partial charge is 0.178 e. The quantitative estimate of drug-likeness (QED) is 0.724. The molecule has 0 fully saturated rings. The van der Waals surface area contributed by atoms with E-state index in [-0.39, 0.29) is 4.90 Å². The third kappa shape index (κ3) is 3.16. The van der Waals surface area contributed by atoms with Gasteiger partial charge in [0.25, 0.3) is 0 Å². The maximum Gasteiger partial charge on any atom is 0.178 e. The molecule has 118 valence electrons. The van der Waals surface area contributed by atoms with Gasteiger partial charge in [-0.05, 0) is 30.7 Å². The molecule has 0 saturated heterocycles. The monoisotopic (exact) mass is 348 g/mol. The standard InChI is InChI=1S/C16H13FN2O2S2/c1-10-19-15(9-22-10)12-5-6-18-8-13(12)11-3-4-16(14(17)7-11)23(2,20)21/h3-9H,1-2H3. The summed E-state index contributed by atoms with van der Waals surface area (Å²) in [7, 11) is -3.59. The first-order chi connectivity index (χ1) is 10.9. The van der Waals surface area contributed by atoms with Crippen molar-refractivity contribution in [3.05, 3.63) is 52.9 Å². The van der Waals surface area contributed by atoms with Gasteiger partial charge in [-0.15, -0.1) is 11.3 Å². The Morgan fingerprint density at radius 1 is 1.17 bits per heavy atom. The van der Waals surface area contributed by atoms with Gasteiger partial charge in [0.05, 0.1) is 10.7 Å². The number of aryl methyl sites for hydroxylation is 1. The SMILES string of the molecule is Cc1nc(-c2ccncc2-c2ccc(S(C)(=O)=O)c(F)c2)cs1. The number of rotatable bonds is 3. The van der Waals surface area contributed by atoms with E-state index < -0.39 is 15.7 Å². The number of sulfone groups is 1. The molecule has 0 aliphatic rings. The van der Waals surface area contributed by atoms with Crippen molar-refractivity contribution in [2.24, 2.45) is 0 Å². The summed E-state index contributed by atoms with van der Waals surface area (Å²) in [6, 6.07) is 5.89. The molecule has 7 heteroatoms. The summed E-state index contributed by atoms with van der Waals surface area (Å²) in [6.45, 7) is 1.91. The van der Waals surface area contributed by atoms with Crippen LogP contribution in [0.2, 0.25) is 0 Å². The summed E-state index contributed by atoms with van der Waals surface area (Å²) < 4.78 is 37.2. The van der Waals surface area contributed by atoms with Gasteiger partial charge in [-0.2, -0.15) is 0 Å². The molecule has 0 unspecified atom stereocenters. The van der Waals surface area contributed by atoms with E-state index in [0.717, 1.165) is 22.5 Å². The second-order valence-electron chi connectivity index (χ2n) is 5.09.